The number of nitrogens with zero attached hydrogens (tertiary/aromatic N) is 4. The molecular weight excluding hydrogens is 374 g/mol. The van der Waals surface area contributed by atoms with Crippen LogP contribution in [0.15, 0.2) is 46.0 Å². The number of hydrogen-bond donors (Lipinski definition) is 1. The summed E-state index contributed by atoms with van der Waals surface area (Å²) in [7, 11) is 1.26. The Morgan fingerprint density at radius 2 is 2.07 bits per heavy atom. The number of halogens is 1. The lowest BCUT2D eigenvalue weighted by molar-refractivity contribution is 0.0600. The quantitative estimate of drug-likeness (QED) is 0.535. The van der Waals surface area contributed by atoms with Crippen molar-refractivity contribution in [3.05, 3.63) is 63.4 Å². The first-order chi connectivity index (χ1) is 13.0. The monoisotopic (exact) mass is 385 g/mol. The maximum absolute atomic E-state index is 12.0. The maximum Gasteiger partial charge on any atom is 0.341 e. The summed E-state index contributed by atoms with van der Waals surface area (Å²) in [5, 5.41) is 10.7. The van der Waals surface area contributed by atoms with Crippen LogP contribution in [-0.4, -0.2) is 38.0 Å². The van der Waals surface area contributed by atoms with Gasteiger partial charge in [-0.3, -0.25) is 4.79 Å². The van der Waals surface area contributed by atoms with Gasteiger partial charge in [-0.1, -0.05) is 16.8 Å². The number of methoxy groups -OCH3 is 1. The summed E-state index contributed by atoms with van der Waals surface area (Å²) < 4.78 is 11.6. The highest BCUT2D eigenvalue weighted by Crippen LogP contribution is 2.22. The van der Waals surface area contributed by atoms with E-state index in [0.29, 0.717) is 16.7 Å². The van der Waals surface area contributed by atoms with Gasteiger partial charge in [0, 0.05) is 23.0 Å². The maximum atomic E-state index is 12.0. The van der Waals surface area contributed by atoms with Crippen LogP contribution in [0, 0.1) is 0 Å². The second kappa shape index (κ2) is 6.69. The summed E-state index contributed by atoms with van der Waals surface area (Å²) in [5.41, 5.74) is 0.997. The van der Waals surface area contributed by atoms with E-state index >= 15 is 0 Å². The molecule has 136 valence electrons. The van der Waals surface area contributed by atoms with Crippen LogP contribution in [0.5, 0.6) is 0 Å². The average molecular weight is 386 g/mol. The number of carbonyl (C=O) groups is 1. The molecule has 0 spiro atoms. The number of aromatic nitrogens is 5. The Bertz CT molecular complexity index is 1140. The molecule has 9 nitrogen and oxygen atoms in total. The lowest BCUT2D eigenvalue weighted by Gasteiger charge is -2.09. The Hall–Kier alpha value is -3.46. The van der Waals surface area contributed by atoms with E-state index in [1.807, 2.05) is 0 Å². The molecule has 3 heterocycles. The number of fused-ring (bicyclic) bond motifs is 1. The van der Waals surface area contributed by atoms with Gasteiger partial charge in [-0.05, 0) is 24.3 Å². The third kappa shape index (κ3) is 3.20. The highest BCUT2D eigenvalue weighted by Gasteiger charge is 2.22. The summed E-state index contributed by atoms with van der Waals surface area (Å²) in [6.45, 7) is 0.182. The predicted molar refractivity (Wildman–Crippen MR) is 94.7 cm³/mol. The molecule has 10 heteroatoms. The Morgan fingerprint density at radius 3 is 2.81 bits per heavy atom. The van der Waals surface area contributed by atoms with Crippen molar-refractivity contribution >= 4 is 17.6 Å². The molecule has 0 atom stereocenters. The Labute approximate surface area is 156 Å². The number of ether oxygens (including phenoxy) is 1. The fourth-order valence-corrected chi connectivity index (χ4v) is 2.76. The van der Waals surface area contributed by atoms with Gasteiger partial charge >= 0.3 is 5.97 Å². The fraction of sp³-hybridized carbons (Fsp3) is 0.118. The van der Waals surface area contributed by atoms with Crippen LogP contribution >= 0.6 is 11.6 Å². The number of hydrogen-bond acceptors (Lipinski definition) is 7. The van der Waals surface area contributed by atoms with Crippen molar-refractivity contribution in [1.29, 1.82) is 0 Å². The van der Waals surface area contributed by atoms with Crippen molar-refractivity contribution < 1.29 is 14.1 Å². The molecule has 1 aromatic carbocycles. The number of aromatic amines is 1. The van der Waals surface area contributed by atoms with Crippen LogP contribution in [0.3, 0.4) is 0 Å². The summed E-state index contributed by atoms with van der Waals surface area (Å²) in [6.07, 6.45) is 3.08. The minimum absolute atomic E-state index is 0.162. The number of carbonyl (C=O) groups excluding carboxylic acids is 1. The molecule has 1 N–H and O–H groups in total. The minimum atomic E-state index is -0.601. The van der Waals surface area contributed by atoms with Crippen LogP contribution in [0.1, 0.15) is 16.2 Å². The molecule has 4 rings (SSSR count). The van der Waals surface area contributed by atoms with E-state index in [0.717, 1.165) is 5.56 Å². The molecule has 27 heavy (non-hydrogen) atoms. The second-order valence-corrected chi connectivity index (χ2v) is 6.11. The first-order valence-corrected chi connectivity index (χ1v) is 8.18. The van der Waals surface area contributed by atoms with Gasteiger partial charge in [-0.15, -0.1) is 0 Å². The normalized spacial score (nSPS) is 11.0. The number of H-pyrrole nitrogens is 1. The van der Waals surface area contributed by atoms with Crippen molar-refractivity contribution in [2.75, 3.05) is 7.11 Å². The van der Waals surface area contributed by atoms with Crippen LogP contribution < -0.4 is 5.56 Å². The van der Waals surface area contributed by atoms with Crippen molar-refractivity contribution in [3.63, 3.8) is 0 Å². The molecular formula is C17H12ClN5O4. The number of benzene rings is 1. The number of nitrogens with one attached hydrogen (secondary N) is 1. The van der Waals surface area contributed by atoms with Gasteiger partial charge in [0.05, 0.1) is 19.2 Å². The minimum Gasteiger partial charge on any atom is -0.465 e. The zero-order valence-electron chi connectivity index (χ0n) is 14.0. The van der Waals surface area contributed by atoms with E-state index in [-0.39, 0.29) is 23.4 Å². The third-order valence-electron chi connectivity index (χ3n) is 3.90. The van der Waals surface area contributed by atoms with Crippen molar-refractivity contribution in [2.45, 2.75) is 6.54 Å². The molecule has 2 aromatic rings. The first kappa shape index (κ1) is 17.0. The summed E-state index contributed by atoms with van der Waals surface area (Å²) >= 11 is 5.87. The Kier molecular flexibility index (Phi) is 4.21. The smallest absolute Gasteiger partial charge is 0.341 e. The van der Waals surface area contributed by atoms with Gasteiger partial charge < -0.3 is 13.8 Å². The van der Waals surface area contributed by atoms with Gasteiger partial charge in [0.1, 0.15) is 11.3 Å². The largest absolute Gasteiger partial charge is 0.465 e. The SMILES string of the molecule is COC(=O)c1cn(Cc2noc(-c3ccc(Cl)cc3)n2)cc2c(=O)[nH]nc1-2. The molecule has 0 fully saturated rings. The van der Waals surface area contributed by atoms with E-state index in [4.69, 9.17) is 20.9 Å². The standard InChI is InChI=1S/C17H12ClN5O4/c1-26-17(25)12-7-23(6-11-14(12)20-21-15(11)24)8-13-19-16(27-22-13)9-2-4-10(18)5-3-9/h2-7H,8H2,1H3,(H,21,24). The molecule has 2 aliphatic rings. The first-order valence-electron chi connectivity index (χ1n) is 7.80. The van der Waals surface area contributed by atoms with Crippen LogP contribution in [0.25, 0.3) is 22.7 Å². The Balaban J connectivity index is 1.69. The van der Waals surface area contributed by atoms with Gasteiger partial charge in [0.15, 0.2) is 5.82 Å². The van der Waals surface area contributed by atoms with Gasteiger partial charge in [-0.2, -0.15) is 10.1 Å². The Morgan fingerprint density at radius 1 is 1.30 bits per heavy atom. The predicted octanol–water partition coefficient (Wildman–Crippen LogP) is 2.21. The topological polar surface area (TPSA) is 116 Å². The number of rotatable bonds is 4. The summed E-state index contributed by atoms with van der Waals surface area (Å²) in [6, 6.07) is 6.98. The zero-order valence-corrected chi connectivity index (χ0v) is 14.7. The van der Waals surface area contributed by atoms with Crippen molar-refractivity contribution in [3.8, 4) is 22.7 Å². The van der Waals surface area contributed by atoms with Crippen molar-refractivity contribution in [1.82, 2.24) is 24.9 Å². The number of pyridine rings is 1. The second-order valence-electron chi connectivity index (χ2n) is 5.67. The van der Waals surface area contributed by atoms with E-state index < -0.39 is 11.5 Å². The molecule has 0 amide bonds. The average Bonchev–Trinajstić information content (AvgIpc) is 3.28. The van der Waals surface area contributed by atoms with Gasteiger partial charge in [0.2, 0.25) is 0 Å². The van der Waals surface area contributed by atoms with Crippen LogP contribution in [0.4, 0.5) is 0 Å². The van der Waals surface area contributed by atoms with Gasteiger partial charge in [-0.25, -0.2) is 9.89 Å². The summed E-state index contributed by atoms with van der Waals surface area (Å²) in [5.74, 6) is 0.108. The zero-order chi connectivity index (χ0) is 19.0. The molecule has 0 saturated carbocycles. The lowest BCUT2D eigenvalue weighted by Crippen LogP contribution is -2.13. The van der Waals surface area contributed by atoms with Crippen LogP contribution in [0.2, 0.25) is 5.02 Å². The lowest BCUT2D eigenvalue weighted by atomic mass is 10.1. The highest BCUT2D eigenvalue weighted by atomic mass is 35.5. The van der Waals surface area contributed by atoms with E-state index in [1.54, 1.807) is 35.0 Å². The van der Waals surface area contributed by atoms with Crippen LogP contribution in [-0.2, 0) is 11.3 Å². The summed E-state index contributed by atoms with van der Waals surface area (Å²) in [4.78, 5) is 28.3. The van der Waals surface area contributed by atoms with Gasteiger partial charge in [0.25, 0.3) is 11.4 Å². The van der Waals surface area contributed by atoms with E-state index in [9.17, 15) is 9.59 Å². The van der Waals surface area contributed by atoms with E-state index in [1.165, 1.54) is 13.3 Å². The van der Waals surface area contributed by atoms with Crippen molar-refractivity contribution in [2.24, 2.45) is 0 Å². The van der Waals surface area contributed by atoms with E-state index in [2.05, 4.69) is 20.3 Å². The molecule has 0 radical (unpaired) electrons. The molecule has 2 aliphatic heterocycles. The highest BCUT2D eigenvalue weighted by molar-refractivity contribution is 6.30. The molecule has 0 saturated heterocycles. The molecule has 0 unspecified atom stereocenters. The molecule has 1 aromatic heterocycles. The number of esters is 1. The fourth-order valence-electron chi connectivity index (χ4n) is 2.63. The third-order valence-corrected chi connectivity index (χ3v) is 4.15. The molecule has 0 bridgehead atoms. The molecule has 0 aliphatic carbocycles.